The van der Waals surface area contributed by atoms with Crippen molar-refractivity contribution in [2.75, 3.05) is 20.0 Å². The Hall–Kier alpha value is -3.23. The maximum atomic E-state index is 13.0. The van der Waals surface area contributed by atoms with E-state index in [9.17, 15) is 4.79 Å². The summed E-state index contributed by atoms with van der Waals surface area (Å²) in [6, 6.07) is 15.0. The molecule has 2 heterocycles. The summed E-state index contributed by atoms with van der Waals surface area (Å²) >= 11 is 7.53. The summed E-state index contributed by atoms with van der Waals surface area (Å²) in [6.45, 7) is 4.54. The van der Waals surface area contributed by atoms with Crippen molar-refractivity contribution in [3.05, 3.63) is 76.1 Å². The summed E-state index contributed by atoms with van der Waals surface area (Å²) in [5.74, 6) is 1.69. The van der Waals surface area contributed by atoms with E-state index < -0.39 is 0 Å². The van der Waals surface area contributed by atoms with Crippen LogP contribution in [0.3, 0.4) is 0 Å². The lowest BCUT2D eigenvalue weighted by Crippen LogP contribution is -2.08. The smallest absolute Gasteiger partial charge is 0.277 e. The molecule has 0 N–H and O–H groups in total. The second-order valence-corrected chi connectivity index (χ2v) is 8.95. The molecule has 0 aliphatic carbocycles. The Bertz CT molecular complexity index is 1330. The van der Waals surface area contributed by atoms with Crippen LogP contribution in [0, 0.1) is 13.8 Å². The number of benzene rings is 2. The molecule has 7 nitrogen and oxygen atoms in total. The quantitative estimate of drug-likeness (QED) is 0.212. The molecule has 0 saturated heterocycles. The highest BCUT2D eigenvalue weighted by atomic mass is 35.5. The first kappa shape index (κ1) is 23.9. The van der Waals surface area contributed by atoms with Crippen molar-refractivity contribution >= 4 is 29.1 Å². The standard InChI is InChI=1S/C25H24ClN3O4S/c1-15-11-19(16(2)29(15)13-18-7-5-6-8-20(18)26)21(30)14-34-25-28-27-24(33-25)17-9-10-22(31-3)23(12-17)32-4/h5-12H,13-14H2,1-4H3. The van der Waals surface area contributed by atoms with Crippen LogP contribution in [0.25, 0.3) is 11.5 Å². The highest BCUT2D eigenvalue weighted by Crippen LogP contribution is 2.33. The van der Waals surface area contributed by atoms with Crippen LogP contribution in [-0.4, -0.2) is 40.5 Å². The molecule has 2 aromatic carbocycles. The van der Waals surface area contributed by atoms with Crippen LogP contribution in [0.5, 0.6) is 11.5 Å². The van der Waals surface area contributed by atoms with E-state index in [1.165, 1.54) is 11.8 Å². The van der Waals surface area contributed by atoms with Gasteiger partial charge in [-0.1, -0.05) is 41.6 Å². The molecule has 176 valence electrons. The lowest BCUT2D eigenvalue weighted by atomic mass is 10.2. The number of nitrogens with zero attached hydrogens (tertiary/aromatic N) is 3. The Balaban J connectivity index is 1.45. The van der Waals surface area contributed by atoms with Gasteiger partial charge in [0, 0.05) is 34.1 Å². The maximum absolute atomic E-state index is 13.0. The summed E-state index contributed by atoms with van der Waals surface area (Å²) in [7, 11) is 3.14. The molecule has 0 fully saturated rings. The molecule has 0 radical (unpaired) electrons. The average molecular weight is 498 g/mol. The average Bonchev–Trinajstić information content (AvgIpc) is 3.43. The van der Waals surface area contributed by atoms with Crippen LogP contribution < -0.4 is 9.47 Å². The van der Waals surface area contributed by atoms with E-state index in [0.29, 0.717) is 45.3 Å². The van der Waals surface area contributed by atoms with Crippen molar-refractivity contribution in [2.45, 2.75) is 25.6 Å². The number of Topliss-reactive ketones (excluding diaryl/α,β-unsaturated/α-hetero) is 1. The number of halogens is 1. The fraction of sp³-hybridized carbons (Fsp3) is 0.240. The zero-order valence-electron chi connectivity index (χ0n) is 19.3. The molecule has 2 aromatic heterocycles. The number of aromatic nitrogens is 3. The van der Waals surface area contributed by atoms with Gasteiger partial charge in [-0.15, -0.1) is 10.2 Å². The number of aryl methyl sites for hydroxylation is 1. The minimum atomic E-state index is -0.00521. The highest BCUT2D eigenvalue weighted by Gasteiger charge is 2.19. The van der Waals surface area contributed by atoms with E-state index in [-0.39, 0.29) is 11.5 Å². The maximum Gasteiger partial charge on any atom is 0.277 e. The van der Waals surface area contributed by atoms with Crippen molar-refractivity contribution in [1.29, 1.82) is 0 Å². The first-order valence-corrected chi connectivity index (χ1v) is 11.9. The number of thioether (sulfide) groups is 1. The number of hydrogen-bond donors (Lipinski definition) is 0. The Morgan fingerprint density at radius 3 is 2.56 bits per heavy atom. The Labute approximate surface area is 207 Å². The largest absolute Gasteiger partial charge is 0.493 e. The lowest BCUT2D eigenvalue weighted by Gasteiger charge is -2.11. The van der Waals surface area contributed by atoms with Crippen molar-refractivity contribution in [2.24, 2.45) is 0 Å². The van der Waals surface area contributed by atoms with Crippen molar-refractivity contribution in [1.82, 2.24) is 14.8 Å². The molecule has 9 heteroatoms. The molecular formula is C25H24ClN3O4S. The summed E-state index contributed by atoms with van der Waals surface area (Å²) in [5.41, 5.74) is 4.29. The number of rotatable bonds is 9. The third-order valence-corrected chi connectivity index (χ3v) is 6.71. The molecule has 0 bridgehead atoms. The predicted octanol–water partition coefficient (Wildman–Crippen LogP) is 5.85. The van der Waals surface area contributed by atoms with Gasteiger partial charge in [0.1, 0.15) is 0 Å². The highest BCUT2D eigenvalue weighted by molar-refractivity contribution is 7.99. The molecular weight excluding hydrogens is 474 g/mol. The van der Waals surface area contributed by atoms with E-state index in [4.69, 9.17) is 25.5 Å². The summed E-state index contributed by atoms with van der Waals surface area (Å²) in [4.78, 5) is 13.0. The third-order valence-electron chi connectivity index (χ3n) is 5.52. The van der Waals surface area contributed by atoms with Crippen LogP contribution in [-0.2, 0) is 6.54 Å². The third kappa shape index (κ3) is 4.98. The monoisotopic (exact) mass is 497 g/mol. The van der Waals surface area contributed by atoms with Crippen LogP contribution in [0.4, 0.5) is 0 Å². The van der Waals surface area contributed by atoms with Crippen LogP contribution >= 0.6 is 23.4 Å². The van der Waals surface area contributed by atoms with E-state index >= 15 is 0 Å². The molecule has 4 aromatic rings. The fourth-order valence-electron chi connectivity index (χ4n) is 3.68. The minimum Gasteiger partial charge on any atom is -0.493 e. The number of ketones is 1. The van der Waals surface area contributed by atoms with Gasteiger partial charge in [-0.2, -0.15) is 0 Å². The topological polar surface area (TPSA) is 79.4 Å². The first-order valence-electron chi connectivity index (χ1n) is 10.5. The van der Waals surface area contributed by atoms with Gasteiger partial charge in [-0.05, 0) is 49.7 Å². The van der Waals surface area contributed by atoms with Gasteiger partial charge in [0.2, 0.25) is 5.89 Å². The SMILES string of the molecule is COc1ccc(-c2nnc(SCC(=O)c3cc(C)n(Cc4ccccc4Cl)c3C)o2)cc1OC. The van der Waals surface area contributed by atoms with Gasteiger partial charge < -0.3 is 18.5 Å². The number of carbonyl (C=O) groups is 1. The van der Waals surface area contributed by atoms with Gasteiger partial charge in [-0.3, -0.25) is 4.79 Å². The van der Waals surface area contributed by atoms with Crippen molar-refractivity contribution in [3.63, 3.8) is 0 Å². The molecule has 0 atom stereocenters. The summed E-state index contributed by atoms with van der Waals surface area (Å²) in [6.07, 6.45) is 0. The Kier molecular flexibility index (Phi) is 7.29. The second-order valence-electron chi connectivity index (χ2n) is 7.62. The molecule has 0 unspecified atom stereocenters. The van der Waals surface area contributed by atoms with Gasteiger partial charge in [0.15, 0.2) is 17.3 Å². The summed E-state index contributed by atoms with van der Waals surface area (Å²) in [5, 5.41) is 9.20. The van der Waals surface area contributed by atoms with Gasteiger partial charge in [-0.25, -0.2) is 0 Å². The number of hydrogen-bond acceptors (Lipinski definition) is 7. The molecule has 0 aliphatic heterocycles. The Morgan fingerprint density at radius 2 is 1.82 bits per heavy atom. The van der Waals surface area contributed by atoms with Crippen LogP contribution in [0.15, 0.2) is 58.2 Å². The van der Waals surface area contributed by atoms with E-state index in [1.54, 1.807) is 26.4 Å². The molecule has 0 saturated carbocycles. The molecule has 34 heavy (non-hydrogen) atoms. The van der Waals surface area contributed by atoms with E-state index in [2.05, 4.69) is 14.8 Å². The zero-order chi connectivity index (χ0) is 24.2. The first-order chi connectivity index (χ1) is 16.4. The molecule has 4 rings (SSSR count). The van der Waals surface area contributed by atoms with Crippen molar-refractivity contribution < 1.29 is 18.7 Å². The minimum absolute atomic E-state index is 0.00521. The lowest BCUT2D eigenvalue weighted by molar-refractivity contribution is 0.102. The molecule has 0 aliphatic rings. The normalized spacial score (nSPS) is 11.0. The van der Waals surface area contributed by atoms with E-state index in [1.807, 2.05) is 50.2 Å². The van der Waals surface area contributed by atoms with Gasteiger partial charge in [0.25, 0.3) is 5.22 Å². The van der Waals surface area contributed by atoms with Crippen molar-refractivity contribution in [3.8, 4) is 23.0 Å². The van der Waals surface area contributed by atoms with E-state index in [0.717, 1.165) is 17.0 Å². The summed E-state index contributed by atoms with van der Waals surface area (Å²) < 4.78 is 18.4. The van der Waals surface area contributed by atoms with Crippen LogP contribution in [0.2, 0.25) is 5.02 Å². The molecule has 0 amide bonds. The number of carbonyl (C=O) groups excluding carboxylic acids is 1. The Morgan fingerprint density at radius 1 is 1.06 bits per heavy atom. The second kappa shape index (κ2) is 10.4. The van der Waals surface area contributed by atoms with Gasteiger partial charge >= 0.3 is 0 Å². The predicted molar refractivity (Wildman–Crippen MR) is 132 cm³/mol. The molecule has 0 spiro atoms. The fourth-order valence-corrected chi connectivity index (χ4v) is 4.52. The van der Waals surface area contributed by atoms with Gasteiger partial charge in [0.05, 0.1) is 20.0 Å². The number of ether oxygens (including phenoxy) is 2. The zero-order valence-corrected chi connectivity index (χ0v) is 20.9. The number of methoxy groups -OCH3 is 2. The van der Waals surface area contributed by atoms with Crippen LogP contribution in [0.1, 0.15) is 27.3 Å².